The van der Waals surface area contributed by atoms with Crippen molar-refractivity contribution < 1.29 is 4.74 Å². The molecule has 0 saturated carbocycles. The summed E-state index contributed by atoms with van der Waals surface area (Å²) in [5, 5.41) is 7.66. The molecule has 1 aliphatic rings. The number of benzene rings is 2. The zero-order valence-electron chi connectivity index (χ0n) is 14.4. The van der Waals surface area contributed by atoms with Gasteiger partial charge in [-0.3, -0.25) is 5.10 Å². The molecule has 1 aliphatic heterocycles. The maximum atomic E-state index is 5.82. The normalized spacial score (nSPS) is 18.1. The van der Waals surface area contributed by atoms with Crippen molar-refractivity contribution in [1.82, 2.24) is 14.8 Å². The predicted molar refractivity (Wildman–Crippen MR) is 107 cm³/mol. The highest BCUT2D eigenvalue weighted by Gasteiger charge is 2.25. The van der Waals surface area contributed by atoms with E-state index >= 15 is 0 Å². The van der Waals surface area contributed by atoms with Crippen LogP contribution in [0.2, 0.25) is 0 Å². The first kappa shape index (κ1) is 17.5. The van der Waals surface area contributed by atoms with Crippen LogP contribution in [-0.4, -0.2) is 27.5 Å². The van der Waals surface area contributed by atoms with Gasteiger partial charge in [0.25, 0.3) is 0 Å². The van der Waals surface area contributed by atoms with Crippen molar-refractivity contribution in [2.45, 2.75) is 35.6 Å². The van der Waals surface area contributed by atoms with E-state index in [1.807, 2.05) is 12.1 Å². The summed E-state index contributed by atoms with van der Waals surface area (Å²) in [6.45, 7) is 1.59. The van der Waals surface area contributed by atoms with Crippen LogP contribution >= 0.6 is 24.0 Å². The molecule has 4 nitrogen and oxygen atoms in total. The summed E-state index contributed by atoms with van der Waals surface area (Å²) in [4.78, 5) is 1.21. The van der Waals surface area contributed by atoms with Gasteiger partial charge in [0.1, 0.15) is 5.82 Å². The molecule has 1 saturated heterocycles. The number of aromatic amines is 1. The fourth-order valence-corrected chi connectivity index (χ4v) is 4.61. The average molecular weight is 384 g/mol. The van der Waals surface area contributed by atoms with E-state index in [2.05, 4.69) is 63.3 Å². The Labute approximate surface area is 162 Å². The Morgan fingerprint density at radius 3 is 2.58 bits per heavy atom. The Kier molecular flexibility index (Phi) is 5.53. The standard InChI is InChI=1S/C20H21N3OS2/c25-20-22-21-19(23(20)14-16-10-7-13-24-16)18(15-8-3-1-4-9-15)26-17-11-5-2-6-12-17/h1-6,8-9,11-12,16,18H,7,10,13-14H2,(H,22,25)/t16-,18-/m1/s1. The Bertz CT molecular complexity index is 886. The van der Waals surface area contributed by atoms with Gasteiger partial charge in [0.05, 0.1) is 17.9 Å². The van der Waals surface area contributed by atoms with Gasteiger partial charge in [-0.2, -0.15) is 5.10 Å². The van der Waals surface area contributed by atoms with Gasteiger partial charge >= 0.3 is 0 Å². The smallest absolute Gasteiger partial charge is 0.195 e. The van der Waals surface area contributed by atoms with E-state index in [1.54, 1.807) is 11.8 Å². The first-order valence-electron chi connectivity index (χ1n) is 8.84. The Morgan fingerprint density at radius 1 is 1.15 bits per heavy atom. The van der Waals surface area contributed by atoms with E-state index in [-0.39, 0.29) is 11.4 Å². The summed E-state index contributed by atoms with van der Waals surface area (Å²) in [5.74, 6) is 0.950. The third-order valence-electron chi connectivity index (χ3n) is 4.53. The first-order chi connectivity index (χ1) is 12.8. The number of aromatic nitrogens is 3. The molecular formula is C20H21N3OS2. The maximum Gasteiger partial charge on any atom is 0.195 e. The maximum absolute atomic E-state index is 5.82. The molecule has 0 aliphatic carbocycles. The largest absolute Gasteiger partial charge is 0.376 e. The molecule has 6 heteroatoms. The van der Waals surface area contributed by atoms with Gasteiger partial charge in [0.2, 0.25) is 0 Å². The zero-order chi connectivity index (χ0) is 17.8. The Morgan fingerprint density at radius 2 is 1.88 bits per heavy atom. The van der Waals surface area contributed by atoms with Crippen molar-refractivity contribution in [3.8, 4) is 0 Å². The first-order valence-corrected chi connectivity index (χ1v) is 10.1. The van der Waals surface area contributed by atoms with Gasteiger partial charge in [-0.15, -0.1) is 11.8 Å². The van der Waals surface area contributed by atoms with Crippen LogP contribution < -0.4 is 0 Å². The molecule has 0 radical (unpaired) electrons. The number of thioether (sulfide) groups is 1. The van der Waals surface area contributed by atoms with E-state index in [9.17, 15) is 0 Å². The molecule has 0 unspecified atom stereocenters. The molecule has 134 valence electrons. The van der Waals surface area contributed by atoms with Crippen LogP contribution in [0.5, 0.6) is 0 Å². The van der Waals surface area contributed by atoms with Gasteiger partial charge in [0.15, 0.2) is 4.77 Å². The summed E-state index contributed by atoms with van der Waals surface area (Å²) < 4.78 is 8.59. The van der Waals surface area contributed by atoms with Crippen molar-refractivity contribution in [1.29, 1.82) is 0 Å². The van der Waals surface area contributed by atoms with Gasteiger partial charge in [0, 0.05) is 11.5 Å². The third kappa shape index (κ3) is 3.92. The van der Waals surface area contributed by atoms with E-state index in [4.69, 9.17) is 17.0 Å². The molecule has 0 spiro atoms. The fraction of sp³-hybridized carbons (Fsp3) is 0.300. The monoisotopic (exact) mass is 383 g/mol. The molecule has 0 bridgehead atoms. The predicted octanol–water partition coefficient (Wildman–Crippen LogP) is 5.00. The molecule has 2 atom stereocenters. The zero-order valence-corrected chi connectivity index (χ0v) is 16.0. The highest BCUT2D eigenvalue weighted by atomic mass is 32.2. The number of rotatable bonds is 6. The van der Waals surface area contributed by atoms with Crippen LogP contribution in [0.4, 0.5) is 0 Å². The number of nitrogens with one attached hydrogen (secondary N) is 1. The van der Waals surface area contributed by atoms with E-state index in [0.717, 1.165) is 31.8 Å². The van der Waals surface area contributed by atoms with E-state index in [1.165, 1.54) is 10.5 Å². The molecule has 1 N–H and O–H groups in total. The van der Waals surface area contributed by atoms with Gasteiger partial charge in [-0.25, -0.2) is 0 Å². The lowest BCUT2D eigenvalue weighted by molar-refractivity contribution is 0.0959. The lowest BCUT2D eigenvalue weighted by atomic mass is 10.1. The quantitative estimate of drug-likeness (QED) is 0.480. The van der Waals surface area contributed by atoms with Crippen molar-refractivity contribution in [3.63, 3.8) is 0 Å². The van der Waals surface area contributed by atoms with Gasteiger partial charge in [-0.05, 0) is 42.8 Å². The molecule has 0 amide bonds. The minimum Gasteiger partial charge on any atom is -0.376 e. The molecular weight excluding hydrogens is 362 g/mol. The number of H-pyrrole nitrogens is 1. The van der Waals surface area contributed by atoms with E-state index in [0.29, 0.717) is 4.77 Å². The molecule has 3 aromatic rings. The van der Waals surface area contributed by atoms with Gasteiger partial charge in [-0.1, -0.05) is 48.5 Å². The highest BCUT2D eigenvalue weighted by molar-refractivity contribution is 7.99. The fourth-order valence-electron chi connectivity index (χ4n) is 3.23. The van der Waals surface area contributed by atoms with Crippen LogP contribution in [0.15, 0.2) is 65.6 Å². The van der Waals surface area contributed by atoms with Crippen molar-refractivity contribution >= 4 is 24.0 Å². The number of nitrogens with zero attached hydrogens (tertiary/aromatic N) is 2. The molecule has 1 fully saturated rings. The summed E-state index contributed by atoms with van der Waals surface area (Å²) >= 11 is 7.31. The van der Waals surface area contributed by atoms with Crippen molar-refractivity contribution in [2.24, 2.45) is 0 Å². The molecule has 1 aromatic heterocycles. The van der Waals surface area contributed by atoms with Crippen molar-refractivity contribution in [3.05, 3.63) is 76.8 Å². The second-order valence-electron chi connectivity index (χ2n) is 6.35. The van der Waals surface area contributed by atoms with Crippen LogP contribution in [0.25, 0.3) is 0 Å². The average Bonchev–Trinajstić information content (AvgIpc) is 3.33. The van der Waals surface area contributed by atoms with Crippen LogP contribution in [-0.2, 0) is 11.3 Å². The lowest BCUT2D eigenvalue weighted by Crippen LogP contribution is -2.18. The number of ether oxygens (including phenoxy) is 1. The van der Waals surface area contributed by atoms with Crippen LogP contribution in [0.1, 0.15) is 29.5 Å². The molecule has 4 rings (SSSR count). The SMILES string of the molecule is S=c1[nH]nc([C@H](Sc2ccccc2)c2ccccc2)n1C[C@H]1CCCO1. The minimum absolute atomic E-state index is 0.0629. The summed E-state index contributed by atoms with van der Waals surface area (Å²) in [6, 6.07) is 20.9. The Balaban J connectivity index is 1.71. The van der Waals surface area contributed by atoms with Gasteiger partial charge < -0.3 is 9.30 Å². The lowest BCUT2D eigenvalue weighted by Gasteiger charge is -2.19. The second-order valence-corrected chi connectivity index (χ2v) is 7.92. The highest BCUT2D eigenvalue weighted by Crippen LogP contribution is 2.39. The molecule has 26 heavy (non-hydrogen) atoms. The third-order valence-corrected chi connectivity index (χ3v) is 6.11. The van der Waals surface area contributed by atoms with Crippen LogP contribution in [0.3, 0.4) is 0 Å². The van der Waals surface area contributed by atoms with Crippen molar-refractivity contribution in [2.75, 3.05) is 6.61 Å². The Hall–Kier alpha value is -1.89. The number of hydrogen-bond donors (Lipinski definition) is 1. The van der Waals surface area contributed by atoms with Crippen LogP contribution in [0, 0.1) is 4.77 Å². The summed E-state index contributed by atoms with van der Waals surface area (Å²) in [6.07, 6.45) is 2.41. The second kappa shape index (κ2) is 8.20. The molecule has 2 aromatic carbocycles. The summed E-state index contributed by atoms with van der Waals surface area (Å²) in [7, 11) is 0. The summed E-state index contributed by atoms with van der Waals surface area (Å²) in [5.41, 5.74) is 1.21. The van der Waals surface area contributed by atoms with E-state index < -0.39 is 0 Å². The minimum atomic E-state index is 0.0629. The number of hydrogen-bond acceptors (Lipinski definition) is 4. The molecule has 2 heterocycles. The topological polar surface area (TPSA) is 42.8 Å².